The van der Waals surface area contributed by atoms with E-state index in [0.717, 1.165) is 6.07 Å². The van der Waals surface area contributed by atoms with E-state index >= 15 is 0 Å². The number of ether oxygens (including phenoxy) is 2. The lowest BCUT2D eigenvalue weighted by atomic mass is 10.1. The van der Waals surface area contributed by atoms with Gasteiger partial charge in [0.1, 0.15) is 6.61 Å². The number of methoxy groups -OCH3 is 1. The molecule has 0 bridgehead atoms. The number of hydrogen-bond acceptors (Lipinski definition) is 4. The number of benzene rings is 2. The van der Waals surface area contributed by atoms with Crippen LogP contribution in [0.4, 0.5) is 18.9 Å². The zero-order chi connectivity index (χ0) is 21.3. The third-order valence-electron chi connectivity index (χ3n) is 3.75. The minimum absolute atomic E-state index is 0.107. The van der Waals surface area contributed by atoms with Gasteiger partial charge in [-0.05, 0) is 35.9 Å². The highest BCUT2D eigenvalue weighted by atomic mass is 19.4. The quantitative estimate of drug-likeness (QED) is 0.366. The second-order valence-electron chi connectivity index (χ2n) is 5.78. The Hall–Kier alpha value is -3.42. The number of nitrogens with one attached hydrogen (secondary N) is 2. The van der Waals surface area contributed by atoms with Gasteiger partial charge < -0.3 is 20.1 Å². The maximum Gasteiger partial charge on any atom is 0.418 e. The topological polar surface area (TPSA) is 59.6 Å². The van der Waals surface area contributed by atoms with Gasteiger partial charge in [-0.2, -0.15) is 13.2 Å². The standard InChI is InChI=1S/C21H21F3N2O3/c1-3-12-29-18-10-8-15(13-19(18)28-2)9-11-20(27)26-14-25-17-7-5-4-6-16(17)21(22,23)24/h3-11,13,25H,1,12,14H2,2H3,(H,26,27)/b11-9+. The van der Waals surface area contributed by atoms with Crippen LogP contribution in [0, 0.1) is 0 Å². The molecule has 0 spiro atoms. The van der Waals surface area contributed by atoms with Crippen LogP contribution in [0.5, 0.6) is 11.5 Å². The Morgan fingerprint density at radius 2 is 1.93 bits per heavy atom. The number of rotatable bonds is 9. The summed E-state index contributed by atoms with van der Waals surface area (Å²) in [4.78, 5) is 11.9. The number of hydrogen-bond donors (Lipinski definition) is 2. The summed E-state index contributed by atoms with van der Waals surface area (Å²) < 4.78 is 49.5. The van der Waals surface area contributed by atoms with Gasteiger partial charge in [-0.25, -0.2) is 0 Å². The third kappa shape index (κ3) is 6.60. The second-order valence-corrected chi connectivity index (χ2v) is 5.78. The van der Waals surface area contributed by atoms with Crippen molar-refractivity contribution in [3.63, 3.8) is 0 Å². The Labute approximate surface area is 166 Å². The van der Waals surface area contributed by atoms with Gasteiger partial charge in [0.05, 0.1) is 19.3 Å². The molecule has 0 radical (unpaired) electrons. The molecule has 0 fully saturated rings. The molecule has 154 valence electrons. The van der Waals surface area contributed by atoms with Crippen molar-refractivity contribution < 1.29 is 27.4 Å². The fourth-order valence-corrected chi connectivity index (χ4v) is 2.40. The number of anilines is 1. The molecule has 2 aromatic rings. The first-order valence-electron chi connectivity index (χ1n) is 8.63. The van der Waals surface area contributed by atoms with E-state index in [0.29, 0.717) is 23.7 Å². The van der Waals surface area contributed by atoms with Crippen molar-refractivity contribution in [1.29, 1.82) is 0 Å². The first-order valence-corrected chi connectivity index (χ1v) is 8.63. The molecule has 2 rings (SSSR count). The predicted molar refractivity (Wildman–Crippen MR) is 106 cm³/mol. The average Bonchev–Trinajstić information content (AvgIpc) is 2.70. The van der Waals surface area contributed by atoms with Crippen LogP contribution < -0.4 is 20.1 Å². The molecule has 0 heterocycles. The van der Waals surface area contributed by atoms with Crippen LogP contribution in [0.1, 0.15) is 11.1 Å². The van der Waals surface area contributed by atoms with E-state index < -0.39 is 17.6 Å². The SMILES string of the molecule is C=CCOc1ccc(/C=C/C(=O)NCNc2ccccc2C(F)(F)F)cc1OC. The van der Waals surface area contributed by atoms with Crippen molar-refractivity contribution in [3.8, 4) is 11.5 Å². The molecule has 0 saturated heterocycles. The van der Waals surface area contributed by atoms with Crippen LogP contribution in [0.2, 0.25) is 0 Å². The molecular formula is C21H21F3N2O3. The van der Waals surface area contributed by atoms with Crippen LogP contribution in [-0.4, -0.2) is 26.3 Å². The van der Waals surface area contributed by atoms with E-state index in [1.807, 2.05) is 0 Å². The summed E-state index contributed by atoms with van der Waals surface area (Å²) in [7, 11) is 1.50. The molecule has 0 atom stereocenters. The predicted octanol–water partition coefficient (Wildman–Crippen LogP) is 4.48. The van der Waals surface area contributed by atoms with E-state index in [4.69, 9.17) is 9.47 Å². The van der Waals surface area contributed by atoms with Gasteiger partial charge >= 0.3 is 6.18 Å². The van der Waals surface area contributed by atoms with E-state index in [-0.39, 0.29) is 12.4 Å². The van der Waals surface area contributed by atoms with Gasteiger partial charge in [-0.15, -0.1) is 0 Å². The Bertz CT molecular complexity index is 880. The lowest BCUT2D eigenvalue weighted by Gasteiger charge is -2.14. The fraction of sp³-hybridized carbons (Fsp3) is 0.190. The van der Waals surface area contributed by atoms with Crippen molar-refractivity contribution in [1.82, 2.24) is 5.32 Å². The molecule has 0 unspecified atom stereocenters. The summed E-state index contributed by atoms with van der Waals surface area (Å²) in [6.45, 7) is 3.75. The molecule has 2 aromatic carbocycles. The number of halogens is 3. The third-order valence-corrected chi connectivity index (χ3v) is 3.75. The minimum atomic E-state index is -4.48. The van der Waals surface area contributed by atoms with Gasteiger partial charge in [0.2, 0.25) is 5.91 Å². The molecule has 0 aromatic heterocycles. The summed E-state index contributed by atoms with van der Waals surface area (Å²) in [6.07, 6.45) is -0.0397. The molecule has 0 aliphatic heterocycles. The monoisotopic (exact) mass is 406 g/mol. The zero-order valence-corrected chi connectivity index (χ0v) is 15.8. The first-order chi connectivity index (χ1) is 13.8. The van der Waals surface area contributed by atoms with E-state index in [1.54, 1.807) is 30.4 Å². The lowest BCUT2D eigenvalue weighted by Crippen LogP contribution is -2.28. The van der Waals surface area contributed by atoms with Crippen LogP contribution in [0.3, 0.4) is 0 Å². The molecule has 0 aliphatic carbocycles. The molecular weight excluding hydrogens is 385 g/mol. The van der Waals surface area contributed by atoms with Crippen LogP contribution in [0.25, 0.3) is 6.08 Å². The number of para-hydroxylation sites is 1. The fourth-order valence-electron chi connectivity index (χ4n) is 2.40. The van der Waals surface area contributed by atoms with Crippen molar-refractivity contribution >= 4 is 17.7 Å². The van der Waals surface area contributed by atoms with Gasteiger partial charge in [-0.3, -0.25) is 4.79 Å². The van der Waals surface area contributed by atoms with Gasteiger partial charge in [0, 0.05) is 11.8 Å². The second kappa shape index (κ2) is 10.2. The highest BCUT2D eigenvalue weighted by Gasteiger charge is 2.32. The summed E-state index contributed by atoms with van der Waals surface area (Å²) in [6, 6.07) is 10.2. The smallest absolute Gasteiger partial charge is 0.418 e. The molecule has 0 aliphatic rings. The summed E-state index contributed by atoms with van der Waals surface area (Å²) in [5, 5.41) is 5.04. The molecule has 0 saturated carbocycles. The minimum Gasteiger partial charge on any atom is -0.493 e. The highest BCUT2D eigenvalue weighted by Crippen LogP contribution is 2.34. The summed E-state index contributed by atoms with van der Waals surface area (Å²) >= 11 is 0. The summed E-state index contributed by atoms with van der Waals surface area (Å²) in [5.74, 6) is 0.578. The van der Waals surface area contributed by atoms with E-state index in [9.17, 15) is 18.0 Å². The maximum atomic E-state index is 12.9. The van der Waals surface area contributed by atoms with Crippen LogP contribution >= 0.6 is 0 Å². The van der Waals surface area contributed by atoms with Crippen molar-refractivity contribution in [2.45, 2.75) is 6.18 Å². The number of amides is 1. The Morgan fingerprint density at radius 1 is 1.17 bits per heavy atom. The van der Waals surface area contributed by atoms with E-state index in [1.165, 1.54) is 31.4 Å². The van der Waals surface area contributed by atoms with Gasteiger partial charge in [0.25, 0.3) is 0 Å². The maximum absolute atomic E-state index is 12.9. The van der Waals surface area contributed by atoms with Crippen LogP contribution in [-0.2, 0) is 11.0 Å². The molecule has 29 heavy (non-hydrogen) atoms. The summed E-state index contributed by atoms with van der Waals surface area (Å²) in [5.41, 5.74) is -0.210. The number of carbonyl (C=O) groups is 1. The highest BCUT2D eigenvalue weighted by molar-refractivity contribution is 5.91. The van der Waals surface area contributed by atoms with Crippen LogP contribution in [0.15, 0.2) is 61.2 Å². The molecule has 1 amide bonds. The van der Waals surface area contributed by atoms with E-state index in [2.05, 4.69) is 17.2 Å². The normalized spacial score (nSPS) is 11.2. The largest absolute Gasteiger partial charge is 0.493 e. The zero-order valence-electron chi connectivity index (χ0n) is 15.8. The van der Waals surface area contributed by atoms with Gasteiger partial charge in [0.15, 0.2) is 11.5 Å². The molecule has 5 nitrogen and oxygen atoms in total. The molecule has 8 heteroatoms. The van der Waals surface area contributed by atoms with Crippen molar-refractivity contribution in [3.05, 3.63) is 72.3 Å². The Morgan fingerprint density at radius 3 is 2.62 bits per heavy atom. The lowest BCUT2D eigenvalue weighted by molar-refractivity contribution is -0.137. The van der Waals surface area contributed by atoms with Crippen molar-refractivity contribution in [2.75, 3.05) is 25.7 Å². The number of carbonyl (C=O) groups excluding carboxylic acids is 1. The average molecular weight is 406 g/mol. The van der Waals surface area contributed by atoms with Gasteiger partial charge in [-0.1, -0.05) is 30.9 Å². The van der Waals surface area contributed by atoms with Crippen molar-refractivity contribution in [2.24, 2.45) is 0 Å². The first kappa shape index (κ1) is 21.9. The molecule has 2 N–H and O–H groups in total. The Kier molecular flexibility index (Phi) is 7.70. The Balaban J connectivity index is 1.93. The number of alkyl halides is 3.